The highest BCUT2D eigenvalue weighted by Crippen LogP contribution is 2.34. The van der Waals surface area contributed by atoms with Crippen LogP contribution in [0.2, 0.25) is 0 Å². The molecule has 0 saturated carbocycles. The molecule has 1 saturated heterocycles. The van der Waals surface area contributed by atoms with Gasteiger partial charge in [-0.25, -0.2) is 8.42 Å². The van der Waals surface area contributed by atoms with Gasteiger partial charge < -0.3 is 10.6 Å². The number of primary amides is 1. The van der Waals surface area contributed by atoms with Gasteiger partial charge in [-0.1, -0.05) is 18.2 Å². The highest BCUT2D eigenvalue weighted by Gasteiger charge is 2.32. The van der Waals surface area contributed by atoms with Crippen molar-refractivity contribution in [2.45, 2.75) is 28.8 Å². The van der Waals surface area contributed by atoms with Crippen LogP contribution in [0.15, 0.2) is 64.5 Å². The summed E-state index contributed by atoms with van der Waals surface area (Å²) in [6, 6.07) is 10.3. The third kappa shape index (κ3) is 4.14. The van der Waals surface area contributed by atoms with Crippen LogP contribution in [0.3, 0.4) is 0 Å². The van der Waals surface area contributed by atoms with Gasteiger partial charge in [0.1, 0.15) is 0 Å². The van der Waals surface area contributed by atoms with E-state index in [1.165, 1.54) is 6.07 Å². The summed E-state index contributed by atoms with van der Waals surface area (Å²) in [5, 5.41) is 0.525. The van der Waals surface area contributed by atoms with Crippen molar-refractivity contribution in [2.75, 3.05) is 18.0 Å². The van der Waals surface area contributed by atoms with Crippen LogP contribution in [0.4, 0.5) is 18.9 Å². The molecule has 0 aliphatic carbocycles. The molecule has 3 aromatic rings. The van der Waals surface area contributed by atoms with Crippen molar-refractivity contribution >= 4 is 32.3 Å². The fourth-order valence-electron chi connectivity index (χ4n) is 3.93. The molecule has 1 unspecified atom stereocenters. The Balaban J connectivity index is 1.73. The Morgan fingerprint density at radius 2 is 1.84 bits per heavy atom. The van der Waals surface area contributed by atoms with Crippen molar-refractivity contribution < 1.29 is 26.4 Å². The van der Waals surface area contributed by atoms with Crippen LogP contribution in [0.25, 0.3) is 10.9 Å². The van der Waals surface area contributed by atoms with Crippen molar-refractivity contribution in [3.63, 3.8) is 0 Å². The molecule has 1 aliphatic heterocycles. The van der Waals surface area contributed by atoms with Crippen LogP contribution in [0.5, 0.6) is 0 Å². The predicted octanol–water partition coefficient (Wildman–Crippen LogP) is 3.79. The number of benzene rings is 2. The summed E-state index contributed by atoms with van der Waals surface area (Å²) in [6.07, 6.45) is -2.01. The van der Waals surface area contributed by atoms with E-state index < -0.39 is 26.5 Å². The Labute approximate surface area is 182 Å². The second-order valence-corrected chi connectivity index (χ2v) is 9.69. The van der Waals surface area contributed by atoms with E-state index in [1.807, 2.05) is 11.0 Å². The fourth-order valence-corrected chi connectivity index (χ4v) is 5.22. The number of fused-ring (bicyclic) bond motifs is 1. The summed E-state index contributed by atoms with van der Waals surface area (Å²) >= 11 is 0. The van der Waals surface area contributed by atoms with Crippen LogP contribution in [-0.2, 0) is 20.8 Å². The van der Waals surface area contributed by atoms with Gasteiger partial charge in [-0.3, -0.25) is 9.78 Å². The van der Waals surface area contributed by atoms with Gasteiger partial charge in [-0.05, 0) is 43.2 Å². The highest BCUT2D eigenvalue weighted by molar-refractivity contribution is 7.91. The highest BCUT2D eigenvalue weighted by atomic mass is 32.2. The smallest absolute Gasteiger partial charge is 0.369 e. The first kappa shape index (κ1) is 22.1. The van der Waals surface area contributed by atoms with Gasteiger partial charge in [0.25, 0.3) is 0 Å². The first-order valence-corrected chi connectivity index (χ1v) is 11.4. The molecular formula is C22H20F3N3O3S. The van der Waals surface area contributed by atoms with Gasteiger partial charge in [0.05, 0.1) is 32.5 Å². The van der Waals surface area contributed by atoms with E-state index in [0.717, 1.165) is 36.5 Å². The third-order valence-electron chi connectivity index (χ3n) is 5.61. The van der Waals surface area contributed by atoms with Gasteiger partial charge >= 0.3 is 6.18 Å². The molecule has 10 heteroatoms. The average molecular weight is 463 g/mol. The molecule has 1 aromatic heterocycles. The summed E-state index contributed by atoms with van der Waals surface area (Å²) in [7, 11) is -4.21. The van der Waals surface area contributed by atoms with Crippen molar-refractivity contribution in [1.82, 2.24) is 4.98 Å². The number of pyridine rings is 1. The van der Waals surface area contributed by atoms with E-state index in [4.69, 9.17) is 5.73 Å². The number of alkyl halides is 3. The van der Waals surface area contributed by atoms with Gasteiger partial charge in [0.15, 0.2) is 0 Å². The summed E-state index contributed by atoms with van der Waals surface area (Å²) in [5.41, 5.74) is 5.71. The number of anilines is 1. The number of carbonyl (C=O) groups excluding carboxylic acids is 1. The van der Waals surface area contributed by atoms with Gasteiger partial charge in [-0.2, -0.15) is 13.2 Å². The Hall–Kier alpha value is -3.14. The lowest BCUT2D eigenvalue weighted by atomic mass is 9.96. The first-order valence-electron chi connectivity index (χ1n) is 9.93. The largest absolute Gasteiger partial charge is 0.416 e. The zero-order valence-corrected chi connectivity index (χ0v) is 17.7. The zero-order chi connectivity index (χ0) is 23.1. The van der Waals surface area contributed by atoms with Gasteiger partial charge in [-0.15, -0.1) is 0 Å². The molecule has 1 fully saturated rings. The SMILES string of the molecule is NC(=O)C1CCCN(c2cccc3cc(S(=O)(=O)c4cccc(C(F)(F)F)c4)cnc23)C1. The monoisotopic (exact) mass is 463 g/mol. The standard InChI is InChI=1S/C22H20F3N3O3S/c23-22(24,25)16-6-2-7-17(11-16)32(30,31)18-10-14-4-1-8-19(20(14)27-12-18)28-9-3-5-15(13-28)21(26)29/h1-2,4,6-8,10-12,15H,3,5,9,13H2,(H2,26,29). The van der Waals surface area contributed by atoms with Crippen molar-refractivity contribution in [2.24, 2.45) is 11.7 Å². The molecule has 1 amide bonds. The minimum atomic E-state index is -4.65. The quantitative estimate of drug-likeness (QED) is 0.636. The van der Waals surface area contributed by atoms with E-state index in [9.17, 15) is 26.4 Å². The van der Waals surface area contributed by atoms with E-state index in [0.29, 0.717) is 36.5 Å². The fraction of sp³-hybridized carbons (Fsp3) is 0.273. The Kier molecular flexibility index (Phi) is 5.58. The van der Waals surface area contributed by atoms with Crippen LogP contribution in [0, 0.1) is 5.92 Å². The van der Waals surface area contributed by atoms with Crippen molar-refractivity contribution in [3.8, 4) is 0 Å². The normalized spacial score (nSPS) is 17.5. The lowest BCUT2D eigenvalue weighted by Crippen LogP contribution is -2.41. The zero-order valence-electron chi connectivity index (χ0n) is 16.8. The predicted molar refractivity (Wildman–Crippen MR) is 113 cm³/mol. The minimum Gasteiger partial charge on any atom is -0.369 e. The number of sulfone groups is 1. The Morgan fingerprint density at radius 3 is 2.56 bits per heavy atom. The number of nitrogens with two attached hydrogens (primary N) is 1. The number of piperidine rings is 1. The number of rotatable bonds is 4. The summed E-state index contributed by atoms with van der Waals surface area (Å²) in [6.45, 7) is 1.15. The first-order chi connectivity index (χ1) is 15.1. The molecule has 2 N–H and O–H groups in total. The molecule has 2 heterocycles. The number of aromatic nitrogens is 1. The maximum absolute atomic E-state index is 13.0. The molecule has 2 aromatic carbocycles. The molecule has 4 rings (SSSR count). The molecule has 1 aliphatic rings. The maximum Gasteiger partial charge on any atom is 0.416 e. The second-order valence-electron chi connectivity index (χ2n) is 7.74. The molecular weight excluding hydrogens is 443 g/mol. The molecule has 1 atom stereocenters. The maximum atomic E-state index is 13.0. The topological polar surface area (TPSA) is 93.4 Å². The minimum absolute atomic E-state index is 0.199. The van der Waals surface area contributed by atoms with E-state index in [1.54, 1.807) is 12.1 Å². The van der Waals surface area contributed by atoms with Crippen molar-refractivity contribution in [3.05, 3.63) is 60.3 Å². The summed E-state index contributed by atoms with van der Waals surface area (Å²) in [4.78, 5) is 17.3. The second kappa shape index (κ2) is 8.09. The molecule has 32 heavy (non-hydrogen) atoms. The number of para-hydroxylation sites is 1. The van der Waals surface area contributed by atoms with Crippen LogP contribution < -0.4 is 10.6 Å². The third-order valence-corrected chi connectivity index (χ3v) is 7.33. The van der Waals surface area contributed by atoms with E-state index in [-0.39, 0.29) is 16.7 Å². The Morgan fingerprint density at radius 1 is 1.09 bits per heavy atom. The van der Waals surface area contributed by atoms with Crippen LogP contribution in [0.1, 0.15) is 18.4 Å². The van der Waals surface area contributed by atoms with Crippen LogP contribution >= 0.6 is 0 Å². The van der Waals surface area contributed by atoms with E-state index in [2.05, 4.69) is 4.98 Å². The average Bonchev–Trinajstić information content (AvgIpc) is 2.78. The molecule has 6 nitrogen and oxygen atoms in total. The van der Waals surface area contributed by atoms with Gasteiger partial charge in [0, 0.05) is 24.7 Å². The number of amides is 1. The number of nitrogens with zero attached hydrogens (tertiary/aromatic N) is 2. The number of hydrogen-bond donors (Lipinski definition) is 1. The van der Waals surface area contributed by atoms with Crippen LogP contribution in [-0.4, -0.2) is 32.4 Å². The molecule has 0 spiro atoms. The number of hydrogen-bond acceptors (Lipinski definition) is 5. The Bertz CT molecular complexity index is 1290. The lowest BCUT2D eigenvalue weighted by molar-refractivity contribution is -0.137. The summed E-state index contributed by atoms with van der Waals surface area (Å²) < 4.78 is 65.1. The number of carbonyl (C=O) groups is 1. The lowest BCUT2D eigenvalue weighted by Gasteiger charge is -2.33. The molecule has 168 valence electrons. The van der Waals surface area contributed by atoms with E-state index >= 15 is 0 Å². The molecule has 0 bridgehead atoms. The van der Waals surface area contributed by atoms with Crippen molar-refractivity contribution in [1.29, 1.82) is 0 Å². The number of halogens is 3. The van der Waals surface area contributed by atoms with Gasteiger partial charge in [0.2, 0.25) is 15.7 Å². The summed E-state index contributed by atoms with van der Waals surface area (Å²) in [5.74, 6) is -0.642. The molecule has 0 radical (unpaired) electrons.